The summed E-state index contributed by atoms with van der Waals surface area (Å²) in [5.74, 6) is -0.388. The van der Waals surface area contributed by atoms with Crippen LogP contribution >= 0.6 is 11.6 Å². The lowest BCUT2D eigenvalue weighted by Crippen LogP contribution is -2.13. The van der Waals surface area contributed by atoms with Crippen molar-refractivity contribution in [1.29, 1.82) is 0 Å². The van der Waals surface area contributed by atoms with Gasteiger partial charge in [0.2, 0.25) is 0 Å². The smallest absolute Gasteiger partial charge is 0.311 e. The van der Waals surface area contributed by atoms with Crippen LogP contribution in [0.4, 0.5) is 11.4 Å². The Balaban J connectivity index is 2.35. The van der Waals surface area contributed by atoms with Crippen molar-refractivity contribution < 1.29 is 14.5 Å². The molecule has 0 aromatic heterocycles. The fraction of sp³-hybridized carbons (Fsp3) is 0.188. The van der Waals surface area contributed by atoms with Crippen molar-refractivity contribution in [2.45, 2.75) is 13.8 Å². The molecule has 2 aromatic rings. The van der Waals surface area contributed by atoms with E-state index in [0.717, 1.165) is 11.1 Å². The summed E-state index contributed by atoms with van der Waals surface area (Å²) in [7, 11) is 1.33. The van der Waals surface area contributed by atoms with Crippen molar-refractivity contribution in [3.63, 3.8) is 0 Å². The van der Waals surface area contributed by atoms with Crippen LogP contribution in [0.2, 0.25) is 5.02 Å². The van der Waals surface area contributed by atoms with E-state index in [2.05, 4.69) is 5.32 Å². The minimum absolute atomic E-state index is 0.0936. The first-order valence-corrected chi connectivity index (χ1v) is 7.11. The van der Waals surface area contributed by atoms with Gasteiger partial charge in [0.05, 0.1) is 22.7 Å². The van der Waals surface area contributed by atoms with Crippen molar-refractivity contribution in [3.05, 3.63) is 62.2 Å². The average molecular weight is 335 g/mol. The number of ether oxygens (including phenoxy) is 1. The predicted octanol–water partition coefficient (Wildman–Crippen LogP) is 4.13. The fourth-order valence-corrected chi connectivity index (χ4v) is 2.60. The second-order valence-electron chi connectivity index (χ2n) is 5.04. The molecule has 2 aromatic carbocycles. The lowest BCUT2D eigenvalue weighted by Gasteiger charge is -2.12. The summed E-state index contributed by atoms with van der Waals surface area (Å²) in [5.41, 5.74) is 2.15. The number of aryl methyl sites for hydroxylation is 2. The Morgan fingerprint density at radius 2 is 1.96 bits per heavy atom. The second kappa shape index (κ2) is 6.66. The molecule has 2 rings (SSSR count). The third-order valence-corrected chi connectivity index (χ3v) is 3.61. The number of hydrogen-bond acceptors (Lipinski definition) is 4. The Labute approximate surface area is 138 Å². The molecule has 1 amide bonds. The average Bonchev–Trinajstić information content (AvgIpc) is 2.49. The highest BCUT2D eigenvalue weighted by atomic mass is 35.5. The molecule has 0 atom stereocenters. The first-order chi connectivity index (χ1) is 10.8. The molecule has 0 bridgehead atoms. The number of nitrogens with zero attached hydrogens (tertiary/aromatic N) is 1. The number of hydrogen-bond donors (Lipinski definition) is 1. The van der Waals surface area contributed by atoms with Crippen molar-refractivity contribution in [1.82, 2.24) is 0 Å². The van der Waals surface area contributed by atoms with Crippen LogP contribution in [-0.2, 0) is 0 Å². The first-order valence-electron chi connectivity index (χ1n) is 6.74. The van der Waals surface area contributed by atoms with E-state index in [1.165, 1.54) is 25.3 Å². The molecule has 0 radical (unpaired) electrons. The van der Waals surface area contributed by atoms with Crippen LogP contribution in [0.1, 0.15) is 21.5 Å². The molecule has 0 saturated carbocycles. The van der Waals surface area contributed by atoms with Gasteiger partial charge in [-0.05, 0) is 43.2 Å². The number of carbonyl (C=O) groups is 1. The second-order valence-corrected chi connectivity index (χ2v) is 5.44. The van der Waals surface area contributed by atoms with Crippen LogP contribution in [0.25, 0.3) is 0 Å². The molecule has 0 saturated heterocycles. The Bertz CT molecular complexity index is 767. The standard InChI is InChI=1S/C16H15ClN2O4/c1-9-6-10(2)15(12(17)7-9)18-16(20)11-4-5-14(23-3)13(8-11)19(21)22/h4-8H,1-3H3,(H,18,20). The van der Waals surface area contributed by atoms with E-state index in [4.69, 9.17) is 16.3 Å². The van der Waals surface area contributed by atoms with Gasteiger partial charge in [0.25, 0.3) is 5.91 Å². The van der Waals surface area contributed by atoms with E-state index < -0.39 is 10.8 Å². The SMILES string of the molecule is COc1ccc(C(=O)Nc2c(C)cc(C)cc2Cl)cc1[N+](=O)[O-]. The van der Waals surface area contributed by atoms with Gasteiger partial charge in [0, 0.05) is 11.6 Å². The van der Waals surface area contributed by atoms with Crippen LogP contribution in [-0.4, -0.2) is 17.9 Å². The molecule has 0 heterocycles. The monoisotopic (exact) mass is 334 g/mol. The van der Waals surface area contributed by atoms with E-state index in [-0.39, 0.29) is 17.0 Å². The highest BCUT2D eigenvalue weighted by Gasteiger charge is 2.19. The fourth-order valence-electron chi connectivity index (χ4n) is 2.23. The topological polar surface area (TPSA) is 81.5 Å². The lowest BCUT2D eigenvalue weighted by molar-refractivity contribution is -0.385. The number of halogens is 1. The summed E-state index contributed by atoms with van der Waals surface area (Å²) >= 11 is 6.15. The molecule has 6 nitrogen and oxygen atoms in total. The third kappa shape index (κ3) is 3.60. The molecular formula is C16H15ClN2O4. The minimum Gasteiger partial charge on any atom is -0.490 e. The molecular weight excluding hydrogens is 320 g/mol. The first kappa shape index (κ1) is 16.8. The van der Waals surface area contributed by atoms with Gasteiger partial charge >= 0.3 is 5.69 Å². The van der Waals surface area contributed by atoms with Crippen molar-refractivity contribution in [3.8, 4) is 5.75 Å². The van der Waals surface area contributed by atoms with E-state index >= 15 is 0 Å². The quantitative estimate of drug-likeness (QED) is 0.673. The highest BCUT2D eigenvalue weighted by Crippen LogP contribution is 2.30. The van der Waals surface area contributed by atoms with E-state index in [1.807, 2.05) is 19.9 Å². The van der Waals surface area contributed by atoms with Gasteiger partial charge in [-0.3, -0.25) is 14.9 Å². The van der Waals surface area contributed by atoms with Gasteiger partial charge in [-0.2, -0.15) is 0 Å². The Morgan fingerprint density at radius 3 is 2.52 bits per heavy atom. The van der Waals surface area contributed by atoms with E-state index in [0.29, 0.717) is 10.7 Å². The number of amides is 1. The van der Waals surface area contributed by atoms with Gasteiger partial charge in [-0.1, -0.05) is 17.7 Å². The van der Waals surface area contributed by atoms with Crippen LogP contribution in [0, 0.1) is 24.0 Å². The van der Waals surface area contributed by atoms with Crippen molar-refractivity contribution in [2.24, 2.45) is 0 Å². The molecule has 0 fully saturated rings. The maximum absolute atomic E-state index is 12.3. The van der Waals surface area contributed by atoms with Gasteiger partial charge in [0.1, 0.15) is 0 Å². The van der Waals surface area contributed by atoms with Gasteiger partial charge in [-0.25, -0.2) is 0 Å². The molecule has 23 heavy (non-hydrogen) atoms. The Kier molecular flexibility index (Phi) is 4.86. The van der Waals surface area contributed by atoms with E-state index in [9.17, 15) is 14.9 Å². The highest BCUT2D eigenvalue weighted by molar-refractivity contribution is 6.34. The largest absolute Gasteiger partial charge is 0.490 e. The normalized spacial score (nSPS) is 10.3. The molecule has 1 N–H and O–H groups in total. The van der Waals surface area contributed by atoms with Crippen molar-refractivity contribution in [2.75, 3.05) is 12.4 Å². The van der Waals surface area contributed by atoms with Crippen molar-refractivity contribution >= 4 is 28.9 Å². The zero-order valence-electron chi connectivity index (χ0n) is 12.8. The zero-order chi connectivity index (χ0) is 17.1. The number of anilines is 1. The third-order valence-electron chi connectivity index (χ3n) is 3.31. The minimum atomic E-state index is -0.598. The molecule has 0 aliphatic heterocycles. The zero-order valence-corrected chi connectivity index (χ0v) is 13.6. The number of carbonyl (C=O) groups excluding carboxylic acids is 1. The van der Waals surface area contributed by atoms with Gasteiger partial charge in [-0.15, -0.1) is 0 Å². The van der Waals surface area contributed by atoms with Gasteiger partial charge in [0.15, 0.2) is 5.75 Å². The molecule has 0 aliphatic carbocycles. The summed E-state index contributed by atoms with van der Waals surface area (Å²) in [4.78, 5) is 22.8. The van der Waals surface area contributed by atoms with Crippen LogP contribution in [0.3, 0.4) is 0 Å². The number of nitrogens with one attached hydrogen (secondary N) is 1. The molecule has 7 heteroatoms. The van der Waals surface area contributed by atoms with Gasteiger partial charge < -0.3 is 10.1 Å². The van der Waals surface area contributed by atoms with Crippen LogP contribution < -0.4 is 10.1 Å². The number of rotatable bonds is 4. The molecule has 0 aliphatic rings. The number of nitro groups is 1. The summed E-state index contributed by atoms with van der Waals surface area (Å²) in [6.45, 7) is 3.72. The summed E-state index contributed by atoms with van der Waals surface area (Å²) in [6.07, 6.45) is 0. The van der Waals surface area contributed by atoms with E-state index in [1.54, 1.807) is 6.07 Å². The number of methoxy groups -OCH3 is 1. The van der Waals surface area contributed by atoms with Crippen LogP contribution in [0.15, 0.2) is 30.3 Å². The summed E-state index contributed by atoms with van der Waals surface area (Å²) in [5, 5.41) is 14.1. The molecule has 0 spiro atoms. The molecule has 0 unspecified atom stereocenters. The predicted molar refractivity (Wildman–Crippen MR) is 88.5 cm³/mol. The number of benzene rings is 2. The van der Waals surface area contributed by atoms with Crippen LogP contribution in [0.5, 0.6) is 5.75 Å². The maximum Gasteiger partial charge on any atom is 0.311 e. The summed E-state index contributed by atoms with van der Waals surface area (Å²) in [6, 6.07) is 7.64. The molecule has 120 valence electrons. The number of nitro benzene ring substituents is 1. The summed E-state index contributed by atoms with van der Waals surface area (Å²) < 4.78 is 4.92. The lowest BCUT2D eigenvalue weighted by atomic mass is 10.1. The Morgan fingerprint density at radius 1 is 1.26 bits per heavy atom. The maximum atomic E-state index is 12.3. The Hall–Kier alpha value is -2.60.